The summed E-state index contributed by atoms with van der Waals surface area (Å²) in [5.41, 5.74) is 2.00. The third-order valence-electron chi connectivity index (χ3n) is 1.80. The highest BCUT2D eigenvalue weighted by molar-refractivity contribution is 7.79. The van der Waals surface area contributed by atoms with E-state index in [1.54, 1.807) is 0 Å². The standard InChI is InChI=1S/C10H8NS/c12-7-9-6-5-8-3-1-2-4-10(8)11-9/h1-6H,7H2. The second kappa shape index (κ2) is 3.15. The Morgan fingerprint density at radius 3 is 2.75 bits per heavy atom. The van der Waals surface area contributed by atoms with E-state index in [1.165, 1.54) is 5.39 Å². The number of fused-ring (bicyclic) bond motifs is 1. The lowest BCUT2D eigenvalue weighted by atomic mass is 10.2. The van der Waals surface area contributed by atoms with E-state index in [9.17, 15) is 0 Å². The molecule has 0 atom stereocenters. The molecule has 0 saturated carbocycles. The molecular weight excluding hydrogens is 166 g/mol. The highest BCUT2D eigenvalue weighted by Crippen LogP contribution is 2.12. The van der Waals surface area contributed by atoms with Gasteiger partial charge in [0.2, 0.25) is 0 Å². The molecule has 0 unspecified atom stereocenters. The highest BCUT2D eigenvalue weighted by Gasteiger charge is 1.94. The first-order chi connectivity index (χ1) is 5.90. The molecule has 1 aromatic heterocycles. The van der Waals surface area contributed by atoms with Crippen molar-refractivity contribution in [2.24, 2.45) is 0 Å². The summed E-state index contributed by atoms with van der Waals surface area (Å²) in [4.78, 5) is 4.39. The molecule has 1 aromatic carbocycles. The molecule has 0 aliphatic heterocycles. The Hall–Kier alpha value is -1.02. The van der Waals surface area contributed by atoms with E-state index in [2.05, 4.69) is 17.1 Å². The monoisotopic (exact) mass is 174 g/mol. The molecule has 2 heteroatoms. The highest BCUT2D eigenvalue weighted by atomic mass is 32.1. The minimum absolute atomic E-state index is 0.588. The van der Waals surface area contributed by atoms with Gasteiger partial charge in [-0.3, -0.25) is 4.98 Å². The number of aromatic nitrogens is 1. The van der Waals surface area contributed by atoms with E-state index in [1.807, 2.05) is 24.3 Å². The third kappa shape index (κ3) is 1.30. The maximum absolute atomic E-state index is 4.92. The van der Waals surface area contributed by atoms with Crippen molar-refractivity contribution in [1.29, 1.82) is 0 Å². The fourth-order valence-electron chi connectivity index (χ4n) is 1.19. The molecule has 0 bridgehead atoms. The van der Waals surface area contributed by atoms with Crippen LogP contribution in [-0.2, 0) is 5.75 Å². The van der Waals surface area contributed by atoms with Gasteiger partial charge in [-0.1, -0.05) is 36.9 Å². The first-order valence-corrected chi connectivity index (χ1v) is 4.40. The van der Waals surface area contributed by atoms with E-state index in [-0.39, 0.29) is 0 Å². The summed E-state index contributed by atoms with van der Waals surface area (Å²) in [6.07, 6.45) is 0. The van der Waals surface area contributed by atoms with Crippen LogP contribution in [0.25, 0.3) is 10.9 Å². The van der Waals surface area contributed by atoms with Gasteiger partial charge in [0.15, 0.2) is 0 Å². The largest absolute Gasteiger partial charge is 0.252 e. The van der Waals surface area contributed by atoms with Gasteiger partial charge in [-0.15, -0.1) is 0 Å². The molecule has 0 spiro atoms. The van der Waals surface area contributed by atoms with E-state index >= 15 is 0 Å². The fourth-order valence-corrected chi connectivity index (χ4v) is 1.35. The minimum atomic E-state index is 0.588. The molecule has 1 heterocycles. The molecule has 0 saturated heterocycles. The van der Waals surface area contributed by atoms with Crippen LogP contribution in [0, 0.1) is 0 Å². The molecule has 1 radical (unpaired) electrons. The average Bonchev–Trinajstić information content (AvgIpc) is 2.17. The van der Waals surface area contributed by atoms with Crippen molar-refractivity contribution in [2.75, 3.05) is 0 Å². The molecule has 0 amide bonds. The number of rotatable bonds is 1. The van der Waals surface area contributed by atoms with Crippen LogP contribution < -0.4 is 0 Å². The Morgan fingerprint density at radius 2 is 1.92 bits per heavy atom. The van der Waals surface area contributed by atoms with Gasteiger partial charge in [0, 0.05) is 11.1 Å². The molecular formula is C10H8NS. The topological polar surface area (TPSA) is 12.9 Å². The molecule has 0 N–H and O–H groups in total. The maximum atomic E-state index is 4.92. The quantitative estimate of drug-likeness (QED) is 0.647. The predicted molar refractivity (Wildman–Crippen MR) is 53.0 cm³/mol. The number of nitrogens with zero attached hydrogens (tertiary/aromatic N) is 1. The minimum Gasteiger partial charge on any atom is -0.252 e. The molecule has 2 aromatic rings. The maximum Gasteiger partial charge on any atom is 0.0705 e. The van der Waals surface area contributed by atoms with Crippen molar-refractivity contribution in [3.63, 3.8) is 0 Å². The molecule has 0 fully saturated rings. The smallest absolute Gasteiger partial charge is 0.0705 e. The van der Waals surface area contributed by atoms with Gasteiger partial charge < -0.3 is 0 Å². The summed E-state index contributed by atoms with van der Waals surface area (Å²) in [6, 6.07) is 12.1. The zero-order valence-corrected chi connectivity index (χ0v) is 7.34. The average molecular weight is 174 g/mol. The lowest BCUT2D eigenvalue weighted by Crippen LogP contribution is -1.84. The van der Waals surface area contributed by atoms with Crippen LogP contribution in [0.1, 0.15) is 5.69 Å². The van der Waals surface area contributed by atoms with Crippen LogP contribution in [0.2, 0.25) is 0 Å². The van der Waals surface area contributed by atoms with Crippen LogP contribution in [0.4, 0.5) is 0 Å². The van der Waals surface area contributed by atoms with Crippen LogP contribution in [0.15, 0.2) is 36.4 Å². The van der Waals surface area contributed by atoms with E-state index in [0.717, 1.165) is 11.2 Å². The van der Waals surface area contributed by atoms with Crippen molar-refractivity contribution in [2.45, 2.75) is 5.75 Å². The lowest BCUT2D eigenvalue weighted by Gasteiger charge is -1.98. The second-order valence-corrected chi connectivity index (χ2v) is 2.93. The molecule has 0 aliphatic carbocycles. The second-order valence-electron chi connectivity index (χ2n) is 2.64. The summed E-state index contributed by atoms with van der Waals surface area (Å²) in [7, 11) is 0. The summed E-state index contributed by atoms with van der Waals surface area (Å²) in [5.74, 6) is 0.588. The van der Waals surface area contributed by atoms with Crippen molar-refractivity contribution >= 4 is 23.5 Å². The van der Waals surface area contributed by atoms with E-state index < -0.39 is 0 Å². The van der Waals surface area contributed by atoms with Gasteiger partial charge in [0.25, 0.3) is 0 Å². The Balaban J connectivity index is 2.67. The number of hydrogen-bond donors (Lipinski definition) is 0. The van der Waals surface area contributed by atoms with Crippen LogP contribution >= 0.6 is 12.6 Å². The van der Waals surface area contributed by atoms with Crippen LogP contribution in [0.5, 0.6) is 0 Å². The van der Waals surface area contributed by atoms with Gasteiger partial charge in [-0.2, -0.15) is 0 Å². The number of para-hydroxylation sites is 1. The Kier molecular flexibility index (Phi) is 2.00. The van der Waals surface area contributed by atoms with Gasteiger partial charge in [-0.25, -0.2) is 0 Å². The Morgan fingerprint density at radius 1 is 1.08 bits per heavy atom. The third-order valence-corrected chi connectivity index (χ3v) is 2.10. The van der Waals surface area contributed by atoms with Gasteiger partial charge in [-0.05, 0) is 12.1 Å². The summed E-state index contributed by atoms with van der Waals surface area (Å²) < 4.78 is 0. The molecule has 0 aliphatic rings. The first-order valence-electron chi connectivity index (χ1n) is 3.83. The zero-order chi connectivity index (χ0) is 8.39. The molecule has 59 valence electrons. The van der Waals surface area contributed by atoms with Gasteiger partial charge in [0.1, 0.15) is 0 Å². The predicted octanol–water partition coefficient (Wildman–Crippen LogP) is 2.93. The molecule has 2 rings (SSSR count). The molecule has 12 heavy (non-hydrogen) atoms. The van der Waals surface area contributed by atoms with Crippen LogP contribution in [0.3, 0.4) is 0 Å². The van der Waals surface area contributed by atoms with Crippen molar-refractivity contribution < 1.29 is 0 Å². The SMILES string of the molecule is [S]Cc1ccc2ccccc2n1. The lowest BCUT2D eigenvalue weighted by molar-refractivity contribution is 1.23. The van der Waals surface area contributed by atoms with Crippen molar-refractivity contribution in [1.82, 2.24) is 4.98 Å². The Labute approximate surface area is 76.9 Å². The van der Waals surface area contributed by atoms with Crippen molar-refractivity contribution in [3.05, 3.63) is 42.1 Å². The fraction of sp³-hybridized carbons (Fsp3) is 0.100. The number of benzene rings is 1. The molecule has 1 nitrogen and oxygen atoms in total. The van der Waals surface area contributed by atoms with Crippen LogP contribution in [-0.4, -0.2) is 4.98 Å². The summed E-state index contributed by atoms with van der Waals surface area (Å²) in [6.45, 7) is 0. The van der Waals surface area contributed by atoms with E-state index in [4.69, 9.17) is 12.6 Å². The summed E-state index contributed by atoms with van der Waals surface area (Å²) >= 11 is 4.92. The van der Waals surface area contributed by atoms with Crippen molar-refractivity contribution in [3.8, 4) is 0 Å². The van der Waals surface area contributed by atoms with Gasteiger partial charge in [0.05, 0.1) is 11.2 Å². The van der Waals surface area contributed by atoms with Gasteiger partial charge >= 0.3 is 0 Å². The van der Waals surface area contributed by atoms with E-state index in [0.29, 0.717) is 5.75 Å². The zero-order valence-electron chi connectivity index (χ0n) is 6.53. The Bertz CT molecular complexity index is 398. The normalized spacial score (nSPS) is 10.4. The number of hydrogen-bond acceptors (Lipinski definition) is 1. The number of pyridine rings is 1. The first kappa shape index (κ1) is 7.62. The summed E-state index contributed by atoms with van der Waals surface area (Å²) in [5, 5.41) is 1.17.